The van der Waals surface area contributed by atoms with Crippen LogP contribution in [0, 0.1) is 6.92 Å². The molecule has 0 aliphatic heterocycles. The molecule has 0 bridgehead atoms. The van der Waals surface area contributed by atoms with Gasteiger partial charge in [0.05, 0.1) is 0 Å². The number of aromatic nitrogens is 2. The SMILES string of the molecule is CNc1c(Cl)nc(C)n1C. The molecule has 0 radical (unpaired) electrons. The van der Waals surface area contributed by atoms with Crippen LogP contribution in [0.25, 0.3) is 0 Å². The first-order valence-electron chi connectivity index (χ1n) is 3.03. The van der Waals surface area contributed by atoms with Crippen LogP contribution in [-0.4, -0.2) is 16.6 Å². The van der Waals surface area contributed by atoms with Gasteiger partial charge in [-0.2, -0.15) is 0 Å². The van der Waals surface area contributed by atoms with E-state index in [0.29, 0.717) is 5.15 Å². The van der Waals surface area contributed by atoms with Gasteiger partial charge in [0.1, 0.15) is 11.6 Å². The lowest BCUT2D eigenvalue weighted by Gasteiger charge is -2.00. The minimum atomic E-state index is 0.530. The summed E-state index contributed by atoms with van der Waals surface area (Å²) in [7, 11) is 3.74. The van der Waals surface area contributed by atoms with Gasteiger partial charge >= 0.3 is 0 Å². The number of hydrogen-bond donors (Lipinski definition) is 1. The van der Waals surface area contributed by atoms with Gasteiger partial charge < -0.3 is 9.88 Å². The lowest BCUT2D eigenvalue weighted by atomic mass is 10.7. The van der Waals surface area contributed by atoms with Gasteiger partial charge in [-0.3, -0.25) is 0 Å². The number of nitrogens with zero attached hydrogens (tertiary/aromatic N) is 2. The molecule has 0 atom stereocenters. The van der Waals surface area contributed by atoms with Crippen LogP contribution < -0.4 is 5.32 Å². The van der Waals surface area contributed by atoms with Crippen molar-refractivity contribution in [3.63, 3.8) is 0 Å². The standard InChI is InChI=1S/C6H10ClN3/c1-4-9-5(7)6(8-2)10(4)3/h8H,1-3H3. The van der Waals surface area contributed by atoms with Crippen LogP contribution in [0.3, 0.4) is 0 Å². The van der Waals surface area contributed by atoms with Crippen molar-refractivity contribution in [2.75, 3.05) is 12.4 Å². The van der Waals surface area contributed by atoms with Crippen molar-refractivity contribution in [3.8, 4) is 0 Å². The molecule has 10 heavy (non-hydrogen) atoms. The highest BCUT2D eigenvalue weighted by molar-refractivity contribution is 6.31. The first-order valence-corrected chi connectivity index (χ1v) is 3.41. The largest absolute Gasteiger partial charge is 0.372 e. The minimum Gasteiger partial charge on any atom is -0.372 e. The molecule has 0 spiro atoms. The number of halogens is 1. The van der Waals surface area contributed by atoms with Crippen LogP contribution in [0.2, 0.25) is 5.15 Å². The quantitative estimate of drug-likeness (QED) is 0.672. The van der Waals surface area contributed by atoms with Gasteiger partial charge in [-0.15, -0.1) is 0 Å². The van der Waals surface area contributed by atoms with E-state index in [1.54, 1.807) is 0 Å². The second-order valence-electron chi connectivity index (χ2n) is 2.11. The zero-order valence-electron chi connectivity index (χ0n) is 6.27. The fraction of sp³-hybridized carbons (Fsp3) is 0.500. The first-order chi connectivity index (χ1) is 4.66. The maximum absolute atomic E-state index is 5.76. The first kappa shape index (κ1) is 7.41. The molecule has 0 aromatic carbocycles. The third kappa shape index (κ3) is 0.968. The van der Waals surface area contributed by atoms with Crippen LogP contribution in [0.4, 0.5) is 5.82 Å². The van der Waals surface area contributed by atoms with E-state index >= 15 is 0 Å². The van der Waals surface area contributed by atoms with Gasteiger partial charge in [-0.25, -0.2) is 4.98 Å². The van der Waals surface area contributed by atoms with Crippen molar-refractivity contribution in [1.29, 1.82) is 0 Å². The average Bonchev–Trinajstić information content (AvgIpc) is 2.09. The van der Waals surface area contributed by atoms with Gasteiger partial charge in [0.25, 0.3) is 0 Å². The van der Waals surface area contributed by atoms with Gasteiger partial charge in [0.15, 0.2) is 5.15 Å². The number of nitrogens with one attached hydrogen (secondary N) is 1. The summed E-state index contributed by atoms with van der Waals surface area (Å²) in [5.41, 5.74) is 0. The van der Waals surface area contributed by atoms with Crippen LogP contribution in [0.1, 0.15) is 5.82 Å². The molecule has 1 heterocycles. The Morgan fingerprint density at radius 2 is 2.20 bits per heavy atom. The molecule has 0 aliphatic rings. The second-order valence-corrected chi connectivity index (χ2v) is 2.47. The van der Waals surface area contributed by atoms with Crippen molar-refractivity contribution in [2.45, 2.75) is 6.92 Å². The molecule has 1 rings (SSSR count). The zero-order chi connectivity index (χ0) is 7.72. The normalized spacial score (nSPS) is 10.0. The van der Waals surface area contributed by atoms with E-state index in [0.717, 1.165) is 11.6 Å². The van der Waals surface area contributed by atoms with Crippen molar-refractivity contribution >= 4 is 17.4 Å². The third-order valence-corrected chi connectivity index (χ3v) is 1.78. The Bertz CT molecular complexity index is 241. The molecule has 4 heteroatoms. The molecule has 0 unspecified atom stereocenters. The summed E-state index contributed by atoms with van der Waals surface area (Å²) in [6, 6.07) is 0. The van der Waals surface area contributed by atoms with E-state index in [2.05, 4.69) is 10.3 Å². The van der Waals surface area contributed by atoms with E-state index in [1.807, 2.05) is 25.6 Å². The Morgan fingerprint density at radius 3 is 2.40 bits per heavy atom. The molecule has 0 saturated carbocycles. The summed E-state index contributed by atoms with van der Waals surface area (Å²) in [6.45, 7) is 1.91. The number of aryl methyl sites for hydroxylation is 1. The summed E-state index contributed by atoms with van der Waals surface area (Å²) in [5.74, 6) is 1.77. The number of hydrogen-bond acceptors (Lipinski definition) is 2. The fourth-order valence-corrected chi connectivity index (χ4v) is 1.18. The summed E-state index contributed by atoms with van der Waals surface area (Å²) in [5, 5.41) is 3.48. The summed E-state index contributed by atoms with van der Waals surface area (Å²) in [4.78, 5) is 4.05. The fourth-order valence-electron chi connectivity index (χ4n) is 0.841. The predicted octanol–water partition coefficient (Wildman–Crippen LogP) is 1.42. The summed E-state index contributed by atoms with van der Waals surface area (Å²) >= 11 is 5.76. The van der Waals surface area contributed by atoms with E-state index in [1.165, 1.54) is 0 Å². The molecule has 1 aromatic heterocycles. The smallest absolute Gasteiger partial charge is 0.171 e. The zero-order valence-corrected chi connectivity index (χ0v) is 7.03. The van der Waals surface area contributed by atoms with E-state index in [-0.39, 0.29) is 0 Å². The highest BCUT2D eigenvalue weighted by Gasteiger charge is 2.06. The van der Waals surface area contributed by atoms with E-state index < -0.39 is 0 Å². The van der Waals surface area contributed by atoms with Crippen LogP contribution >= 0.6 is 11.6 Å². The summed E-state index contributed by atoms with van der Waals surface area (Å²) in [6.07, 6.45) is 0. The lowest BCUT2D eigenvalue weighted by Crippen LogP contribution is -1.98. The molecular formula is C6H10ClN3. The molecular weight excluding hydrogens is 150 g/mol. The topological polar surface area (TPSA) is 29.9 Å². The van der Waals surface area contributed by atoms with Gasteiger partial charge in [0.2, 0.25) is 0 Å². The van der Waals surface area contributed by atoms with Gasteiger partial charge in [-0.1, -0.05) is 11.6 Å². The molecule has 1 aromatic rings. The van der Waals surface area contributed by atoms with Crippen LogP contribution in [0.5, 0.6) is 0 Å². The molecule has 0 amide bonds. The maximum Gasteiger partial charge on any atom is 0.171 e. The Kier molecular flexibility index (Phi) is 1.85. The number of imidazole rings is 1. The van der Waals surface area contributed by atoms with Crippen LogP contribution in [-0.2, 0) is 7.05 Å². The molecule has 3 nitrogen and oxygen atoms in total. The van der Waals surface area contributed by atoms with Crippen molar-refractivity contribution in [1.82, 2.24) is 9.55 Å². The van der Waals surface area contributed by atoms with Gasteiger partial charge in [-0.05, 0) is 6.92 Å². The van der Waals surface area contributed by atoms with Crippen molar-refractivity contribution < 1.29 is 0 Å². The Morgan fingerprint density at radius 1 is 1.60 bits per heavy atom. The molecule has 0 aliphatic carbocycles. The highest BCUT2D eigenvalue weighted by atomic mass is 35.5. The molecule has 0 fully saturated rings. The third-order valence-electron chi connectivity index (χ3n) is 1.51. The Balaban J connectivity index is 3.20. The molecule has 56 valence electrons. The molecule has 0 saturated heterocycles. The summed E-state index contributed by atoms with van der Waals surface area (Å²) < 4.78 is 1.91. The number of rotatable bonds is 1. The van der Waals surface area contributed by atoms with E-state index in [4.69, 9.17) is 11.6 Å². The second kappa shape index (κ2) is 2.50. The Hall–Kier alpha value is -0.700. The van der Waals surface area contributed by atoms with Crippen LogP contribution in [0.15, 0.2) is 0 Å². The van der Waals surface area contributed by atoms with Gasteiger partial charge in [0, 0.05) is 14.1 Å². The Labute approximate surface area is 65.0 Å². The monoisotopic (exact) mass is 159 g/mol. The molecule has 1 N–H and O–H groups in total. The highest BCUT2D eigenvalue weighted by Crippen LogP contribution is 2.19. The predicted molar refractivity (Wildman–Crippen MR) is 42.5 cm³/mol. The van der Waals surface area contributed by atoms with Crippen molar-refractivity contribution in [2.24, 2.45) is 7.05 Å². The minimum absolute atomic E-state index is 0.530. The van der Waals surface area contributed by atoms with E-state index in [9.17, 15) is 0 Å². The average molecular weight is 160 g/mol. The van der Waals surface area contributed by atoms with Crippen molar-refractivity contribution in [3.05, 3.63) is 11.0 Å². The maximum atomic E-state index is 5.76. The lowest BCUT2D eigenvalue weighted by molar-refractivity contribution is 0.863. The number of anilines is 1.